The van der Waals surface area contributed by atoms with Crippen molar-refractivity contribution in [1.29, 1.82) is 0 Å². The summed E-state index contributed by atoms with van der Waals surface area (Å²) in [7, 11) is 0. The predicted molar refractivity (Wildman–Crippen MR) is 86.4 cm³/mol. The molecule has 2 rings (SSSR count). The molecule has 0 aliphatic heterocycles. The van der Waals surface area contributed by atoms with Crippen LogP contribution in [0.25, 0.3) is 0 Å². The molecule has 2 aromatic rings. The molecule has 3 N–H and O–H groups in total. The van der Waals surface area contributed by atoms with E-state index < -0.39 is 0 Å². The minimum Gasteiger partial charge on any atom is -0.389 e. The van der Waals surface area contributed by atoms with E-state index in [9.17, 15) is 0 Å². The fourth-order valence-corrected chi connectivity index (χ4v) is 3.03. The highest BCUT2D eigenvalue weighted by Crippen LogP contribution is 2.23. The lowest BCUT2D eigenvalue weighted by molar-refractivity contribution is 1.13. The van der Waals surface area contributed by atoms with Gasteiger partial charge in [-0.2, -0.15) is 11.3 Å². The first-order valence-corrected chi connectivity index (χ1v) is 7.57. The van der Waals surface area contributed by atoms with E-state index in [0.29, 0.717) is 4.99 Å². The molecule has 18 heavy (non-hydrogen) atoms. The Hall–Kier alpha value is -0.910. The van der Waals surface area contributed by atoms with E-state index in [4.69, 9.17) is 18.0 Å². The number of anilines is 1. The summed E-state index contributed by atoms with van der Waals surface area (Å²) < 4.78 is 1.01. The van der Waals surface area contributed by atoms with Gasteiger partial charge in [0.25, 0.3) is 0 Å². The average Bonchev–Trinajstić information content (AvgIpc) is 2.72. The average molecular weight is 341 g/mol. The summed E-state index contributed by atoms with van der Waals surface area (Å²) in [5.41, 5.74) is 10.2. The third kappa shape index (κ3) is 3.10. The molecule has 0 amide bonds. The van der Waals surface area contributed by atoms with Crippen molar-refractivity contribution in [2.75, 3.05) is 5.32 Å². The first-order valence-electron chi connectivity index (χ1n) is 5.43. The zero-order valence-corrected chi connectivity index (χ0v) is 13.1. The predicted octanol–water partition coefficient (Wildman–Crippen LogP) is 4.07. The van der Waals surface area contributed by atoms with Gasteiger partial charge in [0.05, 0.1) is 0 Å². The Morgan fingerprint density at radius 1 is 1.44 bits per heavy atom. The number of nitrogens with one attached hydrogen (secondary N) is 1. The lowest BCUT2D eigenvalue weighted by Gasteiger charge is -2.11. The number of aryl methyl sites for hydroxylation is 1. The smallest absolute Gasteiger partial charge is 0.106 e. The first kappa shape index (κ1) is 13.5. The third-order valence-electron chi connectivity index (χ3n) is 2.68. The van der Waals surface area contributed by atoms with Crippen LogP contribution >= 0.6 is 39.5 Å². The van der Waals surface area contributed by atoms with E-state index in [1.54, 1.807) is 11.3 Å². The SMILES string of the molecule is Cc1cscc1CNc1cc(Br)ccc1C(N)=S. The van der Waals surface area contributed by atoms with Crippen LogP contribution in [0.1, 0.15) is 16.7 Å². The largest absolute Gasteiger partial charge is 0.389 e. The van der Waals surface area contributed by atoms with E-state index in [1.165, 1.54) is 11.1 Å². The molecule has 0 spiro atoms. The van der Waals surface area contributed by atoms with Gasteiger partial charge in [-0.3, -0.25) is 0 Å². The highest BCUT2D eigenvalue weighted by Gasteiger charge is 2.06. The van der Waals surface area contributed by atoms with E-state index in [-0.39, 0.29) is 0 Å². The number of thiocarbonyl (C=S) groups is 1. The number of nitrogens with two attached hydrogens (primary N) is 1. The van der Waals surface area contributed by atoms with Crippen molar-refractivity contribution in [3.8, 4) is 0 Å². The van der Waals surface area contributed by atoms with Crippen molar-refractivity contribution in [1.82, 2.24) is 0 Å². The summed E-state index contributed by atoms with van der Waals surface area (Å²) in [6.07, 6.45) is 0. The van der Waals surface area contributed by atoms with Crippen molar-refractivity contribution in [3.05, 3.63) is 50.1 Å². The highest BCUT2D eigenvalue weighted by atomic mass is 79.9. The summed E-state index contributed by atoms with van der Waals surface area (Å²) >= 11 is 10.2. The molecule has 1 aromatic heterocycles. The van der Waals surface area contributed by atoms with Crippen LogP contribution in [0.2, 0.25) is 0 Å². The number of hydrogen-bond donors (Lipinski definition) is 2. The molecular weight excluding hydrogens is 328 g/mol. The maximum absolute atomic E-state index is 5.72. The van der Waals surface area contributed by atoms with E-state index in [0.717, 1.165) is 22.3 Å². The molecule has 1 heterocycles. The molecule has 1 aromatic carbocycles. The van der Waals surface area contributed by atoms with Crippen LogP contribution in [0.5, 0.6) is 0 Å². The molecule has 2 nitrogen and oxygen atoms in total. The summed E-state index contributed by atoms with van der Waals surface area (Å²) in [5, 5.41) is 7.69. The second-order valence-electron chi connectivity index (χ2n) is 3.99. The van der Waals surface area contributed by atoms with Crippen molar-refractivity contribution in [2.24, 2.45) is 5.73 Å². The molecule has 0 saturated heterocycles. The van der Waals surface area contributed by atoms with Gasteiger partial charge in [0.1, 0.15) is 4.99 Å². The van der Waals surface area contributed by atoms with Gasteiger partial charge in [-0.15, -0.1) is 0 Å². The highest BCUT2D eigenvalue weighted by molar-refractivity contribution is 9.10. The van der Waals surface area contributed by atoms with Gasteiger partial charge < -0.3 is 11.1 Å². The number of thiophene rings is 1. The molecule has 0 bridgehead atoms. The van der Waals surface area contributed by atoms with Gasteiger partial charge >= 0.3 is 0 Å². The second-order valence-corrected chi connectivity index (χ2v) is 6.09. The van der Waals surface area contributed by atoms with E-state index in [2.05, 4.69) is 38.9 Å². The minimum atomic E-state index is 0.409. The molecule has 5 heteroatoms. The fraction of sp³-hybridized carbons (Fsp3) is 0.154. The normalized spacial score (nSPS) is 10.3. The zero-order chi connectivity index (χ0) is 13.1. The molecule has 0 radical (unpaired) electrons. The summed E-state index contributed by atoms with van der Waals surface area (Å²) in [4.78, 5) is 0.409. The van der Waals surface area contributed by atoms with Gasteiger partial charge in [-0.1, -0.05) is 28.1 Å². The minimum absolute atomic E-state index is 0.409. The van der Waals surface area contributed by atoms with Gasteiger partial charge in [0, 0.05) is 22.3 Å². The Bertz CT molecular complexity index is 578. The molecule has 0 saturated carbocycles. The van der Waals surface area contributed by atoms with Crippen LogP contribution in [-0.4, -0.2) is 4.99 Å². The third-order valence-corrected chi connectivity index (χ3v) is 4.30. The number of halogens is 1. The Morgan fingerprint density at radius 2 is 2.22 bits per heavy atom. The molecule has 0 atom stereocenters. The Kier molecular flexibility index (Phi) is 4.37. The van der Waals surface area contributed by atoms with Gasteiger partial charge in [-0.05, 0) is 47.0 Å². The quantitative estimate of drug-likeness (QED) is 0.824. The Morgan fingerprint density at radius 3 is 2.83 bits per heavy atom. The number of hydrogen-bond acceptors (Lipinski definition) is 3. The van der Waals surface area contributed by atoms with Crippen molar-refractivity contribution in [2.45, 2.75) is 13.5 Å². The maximum Gasteiger partial charge on any atom is 0.106 e. The van der Waals surface area contributed by atoms with E-state index in [1.807, 2.05) is 18.2 Å². The van der Waals surface area contributed by atoms with Crippen molar-refractivity contribution in [3.63, 3.8) is 0 Å². The van der Waals surface area contributed by atoms with Gasteiger partial charge in [0.15, 0.2) is 0 Å². The molecule has 0 aliphatic rings. The van der Waals surface area contributed by atoms with Crippen LogP contribution in [0.4, 0.5) is 5.69 Å². The lowest BCUT2D eigenvalue weighted by atomic mass is 10.1. The summed E-state index contributed by atoms with van der Waals surface area (Å²) in [6.45, 7) is 2.89. The van der Waals surface area contributed by atoms with Gasteiger partial charge in [0.2, 0.25) is 0 Å². The number of benzene rings is 1. The fourth-order valence-electron chi connectivity index (χ4n) is 1.64. The van der Waals surface area contributed by atoms with E-state index >= 15 is 0 Å². The molecule has 94 valence electrons. The first-order chi connectivity index (χ1) is 8.58. The maximum atomic E-state index is 5.72. The van der Waals surface area contributed by atoms with Crippen LogP contribution in [0, 0.1) is 6.92 Å². The summed E-state index contributed by atoms with van der Waals surface area (Å²) in [6, 6.07) is 5.86. The lowest BCUT2D eigenvalue weighted by Crippen LogP contribution is -2.13. The summed E-state index contributed by atoms with van der Waals surface area (Å²) in [5.74, 6) is 0. The number of rotatable bonds is 4. The second kappa shape index (κ2) is 5.82. The standard InChI is InChI=1S/C13H13BrN2S2/c1-8-6-18-7-9(8)5-16-12-4-10(14)2-3-11(12)13(15)17/h2-4,6-7,16H,5H2,1H3,(H2,15,17). The monoisotopic (exact) mass is 340 g/mol. The molecule has 0 fully saturated rings. The Labute approximate surface area is 124 Å². The van der Waals surface area contributed by atoms with Crippen LogP contribution in [-0.2, 0) is 6.54 Å². The van der Waals surface area contributed by atoms with Crippen LogP contribution in [0.15, 0.2) is 33.4 Å². The zero-order valence-electron chi connectivity index (χ0n) is 9.87. The molecule has 0 unspecified atom stereocenters. The van der Waals surface area contributed by atoms with Crippen molar-refractivity contribution < 1.29 is 0 Å². The van der Waals surface area contributed by atoms with Crippen LogP contribution < -0.4 is 11.1 Å². The van der Waals surface area contributed by atoms with Gasteiger partial charge in [-0.25, -0.2) is 0 Å². The van der Waals surface area contributed by atoms with Crippen molar-refractivity contribution >= 4 is 50.2 Å². The topological polar surface area (TPSA) is 38.0 Å². The molecule has 0 aliphatic carbocycles. The van der Waals surface area contributed by atoms with Crippen LogP contribution in [0.3, 0.4) is 0 Å². The molecular formula is C13H13BrN2S2. The Balaban J connectivity index is 2.20.